The summed E-state index contributed by atoms with van der Waals surface area (Å²) in [4.78, 5) is 26.3. The number of ether oxygens (including phenoxy) is 1. The van der Waals surface area contributed by atoms with Crippen LogP contribution in [0.3, 0.4) is 0 Å². The van der Waals surface area contributed by atoms with E-state index in [9.17, 15) is 4.79 Å². The number of piperidine rings is 1. The lowest BCUT2D eigenvalue weighted by Crippen LogP contribution is -2.43. The number of aromatic nitrogens is 4. The molecule has 2 aromatic heterocycles. The number of nitrogens with zero attached hydrogens (tertiary/aromatic N) is 5. The van der Waals surface area contributed by atoms with Crippen molar-refractivity contribution in [2.75, 3.05) is 20.2 Å². The zero-order valence-corrected chi connectivity index (χ0v) is 16.1. The molecule has 3 heterocycles. The molecule has 0 bridgehead atoms. The maximum Gasteiger partial charge on any atom is 0.259 e. The quantitative estimate of drug-likeness (QED) is 0.671. The zero-order chi connectivity index (χ0) is 20.3. The van der Waals surface area contributed by atoms with Crippen LogP contribution in [0, 0.1) is 0 Å². The van der Waals surface area contributed by atoms with Crippen LogP contribution >= 0.6 is 0 Å². The SMILES string of the molecule is COC1(c2nc(-c3cnccn3)no2)CCN(Cc2ccc(C(N)=O)cc2)CC1. The predicted octanol–water partition coefficient (Wildman–Crippen LogP) is 1.76. The average Bonchev–Trinajstić information content (AvgIpc) is 3.26. The van der Waals surface area contributed by atoms with Crippen LogP contribution in [0.4, 0.5) is 0 Å². The minimum Gasteiger partial charge on any atom is -0.368 e. The van der Waals surface area contributed by atoms with E-state index in [1.807, 2.05) is 12.1 Å². The summed E-state index contributed by atoms with van der Waals surface area (Å²) < 4.78 is 11.4. The second kappa shape index (κ2) is 8.06. The van der Waals surface area contributed by atoms with E-state index in [0.29, 0.717) is 23.0 Å². The van der Waals surface area contributed by atoms with Gasteiger partial charge in [0.15, 0.2) is 0 Å². The Morgan fingerprint density at radius 2 is 2.00 bits per heavy atom. The van der Waals surface area contributed by atoms with Gasteiger partial charge >= 0.3 is 0 Å². The third-order valence-electron chi connectivity index (χ3n) is 5.31. The highest BCUT2D eigenvalue weighted by Crippen LogP contribution is 2.36. The molecule has 1 aliphatic heterocycles. The second-order valence-corrected chi connectivity index (χ2v) is 7.05. The van der Waals surface area contributed by atoms with Gasteiger partial charge in [-0.05, 0) is 30.5 Å². The Bertz CT molecular complexity index is 965. The number of hydrogen-bond acceptors (Lipinski definition) is 8. The molecule has 3 aromatic rings. The number of amides is 1. The number of likely N-dealkylation sites (tertiary alicyclic amines) is 1. The first-order valence-corrected chi connectivity index (χ1v) is 9.36. The summed E-state index contributed by atoms with van der Waals surface area (Å²) in [6, 6.07) is 7.38. The standard InChI is InChI=1S/C20H22N6O3/c1-28-20(19-24-18(25-29-19)16-12-22-8-9-23-16)6-10-26(11-7-20)13-14-2-4-15(5-3-14)17(21)27/h2-5,8-9,12H,6-7,10-11,13H2,1H3,(H2,21,27). The summed E-state index contributed by atoms with van der Waals surface area (Å²) in [5, 5.41) is 4.04. The highest BCUT2D eigenvalue weighted by Gasteiger charge is 2.41. The lowest BCUT2D eigenvalue weighted by molar-refractivity contribution is -0.0838. The smallest absolute Gasteiger partial charge is 0.259 e. The molecule has 0 atom stereocenters. The molecular weight excluding hydrogens is 372 g/mol. The fourth-order valence-electron chi connectivity index (χ4n) is 3.54. The van der Waals surface area contributed by atoms with Gasteiger partial charge in [-0.1, -0.05) is 17.3 Å². The zero-order valence-electron chi connectivity index (χ0n) is 16.1. The van der Waals surface area contributed by atoms with Crippen LogP contribution in [0.2, 0.25) is 0 Å². The molecule has 9 nitrogen and oxygen atoms in total. The van der Waals surface area contributed by atoms with E-state index in [1.54, 1.807) is 37.8 Å². The van der Waals surface area contributed by atoms with Gasteiger partial charge in [0.05, 0.1) is 6.20 Å². The van der Waals surface area contributed by atoms with Crippen molar-refractivity contribution in [1.29, 1.82) is 0 Å². The van der Waals surface area contributed by atoms with Crippen LogP contribution in [0.1, 0.15) is 34.7 Å². The maximum atomic E-state index is 11.2. The van der Waals surface area contributed by atoms with Crippen LogP contribution in [-0.2, 0) is 16.9 Å². The molecule has 4 rings (SSSR count). The predicted molar refractivity (Wildman–Crippen MR) is 103 cm³/mol. The molecular formula is C20H22N6O3. The normalized spacial score (nSPS) is 16.6. The summed E-state index contributed by atoms with van der Waals surface area (Å²) in [5.41, 5.74) is 6.89. The van der Waals surface area contributed by atoms with E-state index in [2.05, 4.69) is 25.0 Å². The summed E-state index contributed by atoms with van der Waals surface area (Å²) in [5.74, 6) is 0.451. The van der Waals surface area contributed by atoms with Crippen molar-refractivity contribution in [3.05, 3.63) is 59.9 Å². The summed E-state index contributed by atoms with van der Waals surface area (Å²) in [7, 11) is 1.67. The van der Waals surface area contributed by atoms with Crippen molar-refractivity contribution in [3.8, 4) is 11.5 Å². The Morgan fingerprint density at radius 3 is 2.62 bits per heavy atom. The molecule has 1 fully saturated rings. The van der Waals surface area contributed by atoms with Crippen molar-refractivity contribution in [2.45, 2.75) is 25.0 Å². The molecule has 1 saturated heterocycles. The Morgan fingerprint density at radius 1 is 1.24 bits per heavy atom. The van der Waals surface area contributed by atoms with Crippen LogP contribution in [0.25, 0.3) is 11.5 Å². The van der Waals surface area contributed by atoms with E-state index >= 15 is 0 Å². The number of benzene rings is 1. The Kier molecular flexibility index (Phi) is 5.32. The monoisotopic (exact) mass is 394 g/mol. The minimum atomic E-state index is -0.611. The number of nitrogens with two attached hydrogens (primary N) is 1. The fourth-order valence-corrected chi connectivity index (χ4v) is 3.54. The number of hydrogen-bond donors (Lipinski definition) is 1. The molecule has 2 N–H and O–H groups in total. The van der Waals surface area contributed by atoms with Gasteiger partial charge in [-0.2, -0.15) is 4.98 Å². The first kappa shape index (κ1) is 19.2. The van der Waals surface area contributed by atoms with E-state index < -0.39 is 11.5 Å². The van der Waals surface area contributed by atoms with E-state index in [1.165, 1.54) is 0 Å². The Balaban J connectivity index is 1.42. The van der Waals surface area contributed by atoms with Crippen molar-refractivity contribution in [2.24, 2.45) is 5.73 Å². The van der Waals surface area contributed by atoms with Crippen molar-refractivity contribution in [3.63, 3.8) is 0 Å². The first-order valence-electron chi connectivity index (χ1n) is 9.36. The third-order valence-corrected chi connectivity index (χ3v) is 5.31. The molecule has 0 spiro atoms. The van der Waals surface area contributed by atoms with E-state index in [4.69, 9.17) is 15.0 Å². The molecule has 0 unspecified atom stereocenters. The van der Waals surface area contributed by atoms with E-state index in [-0.39, 0.29) is 0 Å². The van der Waals surface area contributed by atoms with Gasteiger partial charge in [0.1, 0.15) is 11.3 Å². The molecule has 150 valence electrons. The summed E-state index contributed by atoms with van der Waals surface area (Å²) in [6.45, 7) is 2.41. The highest BCUT2D eigenvalue weighted by atomic mass is 16.5. The van der Waals surface area contributed by atoms with Gasteiger partial charge in [-0.15, -0.1) is 0 Å². The number of primary amides is 1. The first-order chi connectivity index (χ1) is 14.1. The largest absolute Gasteiger partial charge is 0.368 e. The van der Waals surface area contributed by atoms with E-state index in [0.717, 1.165) is 38.0 Å². The van der Waals surface area contributed by atoms with Crippen molar-refractivity contribution < 1.29 is 14.1 Å². The fraction of sp³-hybridized carbons (Fsp3) is 0.350. The van der Waals surface area contributed by atoms with Crippen molar-refractivity contribution in [1.82, 2.24) is 25.0 Å². The highest BCUT2D eigenvalue weighted by molar-refractivity contribution is 5.92. The van der Waals surface area contributed by atoms with Crippen LogP contribution in [-0.4, -0.2) is 51.1 Å². The third kappa shape index (κ3) is 4.01. The molecule has 1 aromatic carbocycles. The number of rotatable bonds is 6. The molecule has 1 amide bonds. The minimum absolute atomic E-state index is 0.404. The van der Waals surface area contributed by atoms with Gasteiger partial charge in [-0.25, -0.2) is 4.98 Å². The molecule has 29 heavy (non-hydrogen) atoms. The lowest BCUT2D eigenvalue weighted by atomic mass is 9.90. The maximum absolute atomic E-state index is 11.2. The number of carbonyl (C=O) groups excluding carboxylic acids is 1. The molecule has 0 saturated carbocycles. The number of methoxy groups -OCH3 is 1. The Hall–Kier alpha value is -3.17. The molecule has 0 aliphatic carbocycles. The van der Waals surface area contributed by atoms with Gasteiger partial charge in [0, 0.05) is 44.7 Å². The number of carbonyl (C=O) groups is 1. The van der Waals surface area contributed by atoms with Crippen LogP contribution < -0.4 is 5.73 Å². The van der Waals surface area contributed by atoms with Crippen LogP contribution in [0.5, 0.6) is 0 Å². The molecule has 9 heteroatoms. The second-order valence-electron chi connectivity index (χ2n) is 7.05. The van der Waals surface area contributed by atoms with Gasteiger partial charge < -0.3 is 15.0 Å². The lowest BCUT2D eigenvalue weighted by Gasteiger charge is -2.38. The van der Waals surface area contributed by atoms with Crippen LogP contribution in [0.15, 0.2) is 47.4 Å². The topological polar surface area (TPSA) is 120 Å². The molecule has 1 aliphatic rings. The summed E-state index contributed by atoms with van der Waals surface area (Å²) >= 11 is 0. The summed E-state index contributed by atoms with van der Waals surface area (Å²) in [6.07, 6.45) is 6.24. The average molecular weight is 394 g/mol. The molecule has 0 radical (unpaired) electrons. The van der Waals surface area contributed by atoms with Gasteiger partial charge in [-0.3, -0.25) is 14.7 Å². The Labute approximate surface area is 167 Å². The van der Waals surface area contributed by atoms with Gasteiger partial charge in [0.2, 0.25) is 11.7 Å². The van der Waals surface area contributed by atoms with Gasteiger partial charge in [0.25, 0.3) is 5.89 Å². The van der Waals surface area contributed by atoms with Crippen molar-refractivity contribution >= 4 is 5.91 Å².